The van der Waals surface area contributed by atoms with Gasteiger partial charge in [-0.05, 0) is 143 Å². The van der Waals surface area contributed by atoms with Crippen LogP contribution in [0, 0.1) is 27.7 Å². The second-order valence-corrected chi connectivity index (χ2v) is 17.9. The molecule has 6 heterocycles. The van der Waals surface area contributed by atoms with E-state index in [1.165, 1.54) is 30.2 Å². The average Bonchev–Trinajstić information content (AvgIpc) is 3.30. The van der Waals surface area contributed by atoms with Gasteiger partial charge in [0, 0.05) is 75.8 Å². The third-order valence-corrected chi connectivity index (χ3v) is 13.8. The number of piperidine rings is 2. The minimum absolute atomic E-state index is 0.0271. The number of pyridine rings is 2. The zero-order valence-electron chi connectivity index (χ0n) is 37.8. The Morgan fingerprint density at radius 1 is 0.621 bits per heavy atom. The monoisotopic (exact) mass is 922 g/mol. The number of phenolic OH excluding ortho intramolecular Hbond substituents is 1. The number of alkyl halides is 6. The number of amides is 2. The number of aromatic hydroxyl groups is 1. The highest BCUT2D eigenvalue weighted by Gasteiger charge is 2.40. The molecule has 2 amide bonds. The number of benzene rings is 2. The van der Waals surface area contributed by atoms with E-state index in [9.17, 15) is 45.8 Å². The maximum atomic E-state index is 13.0. The molecule has 4 aliphatic heterocycles. The Labute approximate surface area is 380 Å². The zero-order chi connectivity index (χ0) is 47.7. The first-order valence-corrected chi connectivity index (χ1v) is 22.4. The number of ketones is 1. The van der Waals surface area contributed by atoms with E-state index in [0.717, 1.165) is 91.1 Å². The van der Waals surface area contributed by atoms with E-state index in [1.54, 1.807) is 15.9 Å². The molecule has 17 heteroatoms. The van der Waals surface area contributed by atoms with E-state index in [2.05, 4.69) is 32.8 Å². The van der Waals surface area contributed by atoms with E-state index in [4.69, 9.17) is 4.74 Å². The lowest BCUT2D eigenvalue weighted by Gasteiger charge is -2.48. The highest BCUT2D eigenvalue weighted by atomic mass is 19.4. The molecule has 0 bridgehead atoms. The second kappa shape index (κ2) is 19.7. The number of phenols is 1. The van der Waals surface area contributed by atoms with Crippen LogP contribution in [0.15, 0.2) is 60.9 Å². The summed E-state index contributed by atoms with van der Waals surface area (Å²) in [5, 5.41) is 10.00. The van der Waals surface area contributed by atoms with E-state index in [0.29, 0.717) is 45.0 Å². The third-order valence-electron chi connectivity index (χ3n) is 13.8. The smallest absolute Gasteiger partial charge is 0.433 e. The van der Waals surface area contributed by atoms with Crippen LogP contribution in [0.3, 0.4) is 0 Å². The van der Waals surface area contributed by atoms with Crippen LogP contribution < -0.4 is 4.74 Å². The molecule has 4 aliphatic rings. The number of fused-ring (bicyclic) bond motifs is 2. The molecule has 0 unspecified atom stereocenters. The average molecular weight is 923 g/mol. The van der Waals surface area contributed by atoms with Crippen LogP contribution in [0.2, 0.25) is 0 Å². The number of carbonyl (C=O) groups excluding carboxylic acids is 3. The maximum Gasteiger partial charge on any atom is 0.433 e. The lowest BCUT2D eigenvalue weighted by molar-refractivity contribution is -0.142. The summed E-state index contributed by atoms with van der Waals surface area (Å²) < 4.78 is 82.3. The largest absolute Gasteiger partial charge is 0.508 e. The van der Waals surface area contributed by atoms with Crippen molar-refractivity contribution in [3.63, 3.8) is 0 Å². The fraction of sp³-hybridized carbons (Fsp3) is 0.490. The molecule has 4 saturated heterocycles. The molecule has 8 rings (SSSR count). The number of hydrogen-bond acceptors (Lipinski definition) is 9. The van der Waals surface area contributed by atoms with Crippen LogP contribution in [0.25, 0.3) is 0 Å². The molecular formula is C49H56F6N6O5. The predicted octanol–water partition coefficient (Wildman–Crippen LogP) is 9.21. The van der Waals surface area contributed by atoms with Crippen molar-refractivity contribution in [3.8, 4) is 11.5 Å². The molecule has 2 aromatic carbocycles. The Bertz CT molecular complexity index is 2410. The number of Topliss-reactive ketones (excluding diaryl/α,β-unsaturated/α-hetero) is 1. The summed E-state index contributed by atoms with van der Waals surface area (Å²) in [5.74, 6) is 0.427. The van der Waals surface area contributed by atoms with Gasteiger partial charge in [-0.25, -0.2) is 0 Å². The topological polar surface area (TPSA) is 119 Å². The van der Waals surface area contributed by atoms with Gasteiger partial charge in [0.2, 0.25) is 0 Å². The van der Waals surface area contributed by atoms with E-state index in [1.807, 2.05) is 32.9 Å². The van der Waals surface area contributed by atoms with Crippen molar-refractivity contribution >= 4 is 17.6 Å². The third kappa shape index (κ3) is 10.5. The van der Waals surface area contributed by atoms with E-state index in [-0.39, 0.29) is 59.5 Å². The Balaban J connectivity index is 0.000000198. The number of ether oxygens (including phenoxy) is 1. The Hall–Kier alpha value is -5.55. The van der Waals surface area contributed by atoms with Crippen LogP contribution >= 0.6 is 0 Å². The lowest BCUT2D eigenvalue weighted by atomic mass is 9.86. The molecule has 4 fully saturated rings. The van der Waals surface area contributed by atoms with Crippen LogP contribution in [-0.2, 0) is 17.1 Å². The number of halogens is 6. The standard InChI is InChI=1S/C26H30F3N3O3.C23H26F3N3O2/c1-16(33)15-35-23-9-8-21(17(2)18(23)3)22-6-4-5-20-14-31(11-12-32(20)22)25(34)19-7-10-24(30-13-19)26(27,28)29;1-14-15(2)20(30)8-7-18(14)19-5-3-4-17-13-28(10-11-29(17)19)22(31)16-6-9-21(27-12-16)23(24,25)26/h7-10,13,20,22H,4-6,11-12,14-15H2,1-3H3;6-9,12,17,19,30H,3-5,10-11,13H2,1-2H3/t20-,22+;17-,19+/m00/s1. The van der Waals surface area contributed by atoms with Gasteiger partial charge in [0.1, 0.15) is 29.5 Å². The molecule has 11 nitrogen and oxygen atoms in total. The summed E-state index contributed by atoms with van der Waals surface area (Å²) in [4.78, 5) is 52.4. The SMILES string of the molecule is CC(=O)COc1ccc([C@H]2CCC[C@H]3CN(C(=O)c4ccc(C(F)(F)F)nc4)CCN32)c(C)c1C.Cc1c(O)ccc([C@H]2CCC[C@H]3CN(C(=O)c4ccc(C(F)(F)F)nc4)CCN32)c1C. The van der Waals surface area contributed by atoms with Crippen molar-refractivity contribution in [1.82, 2.24) is 29.6 Å². The predicted molar refractivity (Wildman–Crippen MR) is 234 cm³/mol. The molecule has 1 N–H and O–H groups in total. The van der Waals surface area contributed by atoms with Gasteiger partial charge in [0.15, 0.2) is 5.78 Å². The first kappa shape index (κ1) is 48.4. The van der Waals surface area contributed by atoms with Crippen LogP contribution in [0.5, 0.6) is 11.5 Å². The highest BCUT2D eigenvalue weighted by molar-refractivity contribution is 5.94. The van der Waals surface area contributed by atoms with Gasteiger partial charge in [0.25, 0.3) is 11.8 Å². The molecule has 4 atom stereocenters. The first-order chi connectivity index (χ1) is 31.2. The summed E-state index contributed by atoms with van der Waals surface area (Å²) in [6.45, 7) is 13.1. The minimum Gasteiger partial charge on any atom is -0.508 e. The van der Waals surface area contributed by atoms with Crippen LogP contribution in [0.1, 0.15) is 123 Å². The summed E-state index contributed by atoms with van der Waals surface area (Å²) >= 11 is 0. The van der Waals surface area contributed by atoms with Crippen molar-refractivity contribution < 1.29 is 50.6 Å². The Morgan fingerprint density at radius 2 is 1.08 bits per heavy atom. The first-order valence-electron chi connectivity index (χ1n) is 22.4. The number of hydrogen-bond donors (Lipinski definition) is 1. The Morgan fingerprint density at radius 3 is 1.50 bits per heavy atom. The van der Waals surface area contributed by atoms with Crippen molar-refractivity contribution in [2.75, 3.05) is 45.9 Å². The molecule has 0 aliphatic carbocycles. The van der Waals surface area contributed by atoms with Crippen molar-refractivity contribution in [2.24, 2.45) is 0 Å². The number of carbonyl (C=O) groups is 3. The number of rotatable bonds is 7. The van der Waals surface area contributed by atoms with Gasteiger partial charge in [-0.2, -0.15) is 26.3 Å². The summed E-state index contributed by atoms with van der Waals surface area (Å²) in [5.41, 5.74) is 4.95. The quantitative estimate of drug-likeness (QED) is 0.181. The van der Waals surface area contributed by atoms with Crippen molar-refractivity contribution in [3.05, 3.63) is 117 Å². The summed E-state index contributed by atoms with van der Waals surface area (Å²) in [7, 11) is 0. The second-order valence-electron chi connectivity index (χ2n) is 17.9. The summed E-state index contributed by atoms with van der Waals surface area (Å²) in [6.07, 6.45) is -0.975. The lowest BCUT2D eigenvalue weighted by Crippen LogP contribution is -2.57. The van der Waals surface area contributed by atoms with Crippen LogP contribution in [-0.4, -0.2) is 110 Å². The van der Waals surface area contributed by atoms with E-state index < -0.39 is 23.7 Å². The zero-order valence-corrected chi connectivity index (χ0v) is 37.8. The van der Waals surface area contributed by atoms with Gasteiger partial charge in [0.05, 0.1) is 11.1 Å². The number of nitrogens with zero attached hydrogens (tertiary/aromatic N) is 6. The molecule has 4 aromatic rings. The van der Waals surface area contributed by atoms with Crippen molar-refractivity contribution in [2.45, 2.75) is 110 Å². The summed E-state index contributed by atoms with van der Waals surface area (Å²) in [6, 6.07) is 12.7. The minimum atomic E-state index is -4.53. The normalized spacial score (nSPS) is 21.6. The molecule has 66 heavy (non-hydrogen) atoms. The highest BCUT2D eigenvalue weighted by Crippen LogP contribution is 2.41. The van der Waals surface area contributed by atoms with E-state index >= 15 is 0 Å². The molecule has 354 valence electrons. The van der Waals surface area contributed by atoms with Crippen LogP contribution in [0.4, 0.5) is 26.3 Å². The fourth-order valence-corrected chi connectivity index (χ4v) is 9.98. The molecule has 0 radical (unpaired) electrons. The molecular weight excluding hydrogens is 867 g/mol. The van der Waals surface area contributed by atoms with Gasteiger partial charge in [-0.1, -0.05) is 12.1 Å². The Kier molecular flexibility index (Phi) is 14.5. The molecule has 0 spiro atoms. The molecule has 2 aromatic heterocycles. The fourth-order valence-electron chi connectivity index (χ4n) is 9.98. The van der Waals surface area contributed by atoms with Crippen molar-refractivity contribution in [1.29, 1.82) is 0 Å². The molecule has 0 saturated carbocycles. The number of aromatic nitrogens is 2. The van der Waals surface area contributed by atoms with Gasteiger partial charge in [-0.15, -0.1) is 0 Å². The van der Waals surface area contributed by atoms with Gasteiger partial charge in [-0.3, -0.25) is 34.2 Å². The van der Waals surface area contributed by atoms with Gasteiger partial charge >= 0.3 is 12.4 Å². The number of piperazine rings is 2. The maximum absolute atomic E-state index is 13.0. The van der Waals surface area contributed by atoms with Gasteiger partial charge < -0.3 is 19.6 Å².